The first kappa shape index (κ1) is 10.7. The van der Waals surface area contributed by atoms with Crippen molar-refractivity contribution >= 4 is 16.0 Å². The molecule has 0 aromatic heterocycles. The zero-order valence-electron chi connectivity index (χ0n) is 7.12. The molecule has 1 aromatic carbocycles. The van der Waals surface area contributed by atoms with Gasteiger partial charge in [-0.15, -0.1) is 0 Å². The summed E-state index contributed by atoms with van der Waals surface area (Å²) in [5, 5.41) is 11.8. The fourth-order valence-electron chi connectivity index (χ4n) is 1.10. The first-order valence-corrected chi connectivity index (χ1v) is 5.33. The van der Waals surface area contributed by atoms with Crippen LogP contribution in [-0.2, 0) is 14.8 Å². The molecule has 0 amide bonds. The minimum absolute atomic E-state index is 0.155. The summed E-state index contributed by atoms with van der Waals surface area (Å²) in [6.07, 6.45) is 0. The highest BCUT2D eigenvalue weighted by Gasteiger charge is 2.30. The first-order valence-electron chi connectivity index (χ1n) is 3.72. The Labute approximate surface area is 81.2 Å². The van der Waals surface area contributed by atoms with Gasteiger partial charge in [0.25, 0.3) is 0 Å². The molecule has 0 fully saturated rings. The van der Waals surface area contributed by atoms with Crippen LogP contribution in [0.15, 0.2) is 30.3 Å². The second-order valence-corrected chi connectivity index (χ2v) is 4.37. The van der Waals surface area contributed by atoms with Crippen LogP contribution in [0.5, 0.6) is 0 Å². The van der Waals surface area contributed by atoms with Gasteiger partial charge in [-0.1, -0.05) is 30.3 Å². The van der Waals surface area contributed by atoms with E-state index in [4.69, 9.17) is 10.2 Å². The van der Waals surface area contributed by atoms with Gasteiger partial charge in [-0.3, -0.25) is 4.79 Å². The van der Waals surface area contributed by atoms with E-state index >= 15 is 0 Å². The number of hydrogen-bond acceptors (Lipinski definition) is 3. The quantitative estimate of drug-likeness (QED) is 0.747. The van der Waals surface area contributed by atoms with E-state index in [2.05, 4.69) is 0 Å². The van der Waals surface area contributed by atoms with E-state index in [0.29, 0.717) is 0 Å². The van der Waals surface area contributed by atoms with Gasteiger partial charge in [0.15, 0.2) is 5.25 Å². The molecule has 0 unspecified atom stereocenters. The van der Waals surface area contributed by atoms with Gasteiger partial charge in [-0.25, -0.2) is 13.6 Å². The van der Waals surface area contributed by atoms with E-state index in [-0.39, 0.29) is 5.56 Å². The van der Waals surface area contributed by atoms with E-state index < -0.39 is 21.2 Å². The number of aliphatic carboxylic acids is 1. The molecular weight excluding hydrogens is 206 g/mol. The van der Waals surface area contributed by atoms with Crippen molar-refractivity contribution in [3.05, 3.63) is 35.9 Å². The van der Waals surface area contributed by atoms with E-state index in [1.807, 2.05) is 0 Å². The second-order valence-electron chi connectivity index (χ2n) is 2.72. The van der Waals surface area contributed by atoms with Gasteiger partial charge in [0.05, 0.1) is 0 Å². The Morgan fingerprint density at radius 2 is 1.79 bits per heavy atom. The van der Waals surface area contributed by atoms with Crippen LogP contribution >= 0.6 is 0 Å². The zero-order chi connectivity index (χ0) is 10.8. The largest absolute Gasteiger partial charge is 0.480 e. The lowest BCUT2D eigenvalue weighted by atomic mass is 10.1. The van der Waals surface area contributed by atoms with E-state index in [9.17, 15) is 13.2 Å². The molecule has 5 nitrogen and oxygen atoms in total. The third-order valence-electron chi connectivity index (χ3n) is 1.66. The Kier molecular flexibility index (Phi) is 2.87. The summed E-state index contributed by atoms with van der Waals surface area (Å²) in [6.45, 7) is 0. The van der Waals surface area contributed by atoms with Crippen LogP contribution < -0.4 is 5.14 Å². The molecule has 0 aliphatic carbocycles. The molecule has 0 saturated carbocycles. The molecule has 76 valence electrons. The normalized spacial score (nSPS) is 13.5. The van der Waals surface area contributed by atoms with Crippen molar-refractivity contribution in [2.75, 3.05) is 0 Å². The number of hydrogen-bond donors (Lipinski definition) is 2. The lowest BCUT2D eigenvalue weighted by molar-refractivity contribution is -0.136. The molecular formula is C8H9NO4S. The highest BCUT2D eigenvalue weighted by Crippen LogP contribution is 2.19. The number of nitrogens with two attached hydrogens (primary N) is 1. The van der Waals surface area contributed by atoms with Crippen molar-refractivity contribution in [3.8, 4) is 0 Å². The molecule has 0 spiro atoms. The number of rotatable bonds is 3. The minimum Gasteiger partial charge on any atom is -0.480 e. The van der Waals surface area contributed by atoms with Crippen LogP contribution in [0.25, 0.3) is 0 Å². The summed E-state index contributed by atoms with van der Waals surface area (Å²) in [4.78, 5) is 10.7. The average molecular weight is 215 g/mol. The van der Waals surface area contributed by atoms with Crippen molar-refractivity contribution in [1.29, 1.82) is 0 Å². The number of carbonyl (C=O) groups is 1. The van der Waals surface area contributed by atoms with Crippen LogP contribution in [0.3, 0.4) is 0 Å². The fourth-order valence-corrected chi connectivity index (χ4v) is 1.92. The molecule has 0 bridgehead atoms. The van der Waals surface area contributed by atoms with Crippen LogP contribution in [0.1, 0.15) is 10.8 Å². The van der Waals surface area contributed by atoms with Crippen LogP contribution in [0.2, 0.25) is 0 Å². The van der Waals surface area contributed by atoms with Crippen LogP contribution in [-0.4, -0.2) is 19.5 Å². The summed E-state index contributed by atoms with van der Waals surface area (Å²) < 4.78 is 21.9. The Hall–Kier alpha value is -1.40. The molecule has 1 aromatic rings. The first-order chi connectivity index (χ1) is 6.43. The average Bonchev–Trinajstić information content (AvgIpc) is 2.02. The van der Waals surface area contributed by atoms with Crippen LogP contribution in [0.4, 0.5) is 0 Å². The molecule has 0 saturated heterocycles. The minimum atomic E-state index is -4.12. The van der Waals surface area contributed by atoms with Gasteiger partial charge in [0.1, 0.15) is 0 Å². The molecule has 3 N–H and O–H groups in total. The van der Waals surface area contributed by atoms with Crippen molar-refractivity contribution in [3.63, 3.8) is 0 Å². The van der Waals surface area contributed by atoms with Crippen LogP contribution in [0, 0.1) is 0 Å². The highest BCUT2D eigenvalue weighted by atomic mass is 32.2. The maximum absolute atomic E-state index is 11.0. The Morgan fingerprint density at radius 3 is 2.14 bits per heavy atom. The number of benzene rings is 1. The predicted molar refractivity (Wildman–Crippen MR) is 49.9 cm³/mol. The topological polar surface area (TPSA) is 97.5 Å². The summed E-state index contributed by atoms with van der Waals surface area (Å²) in [6, 6.07) is 7.57. The lowest BCUT2D eigenvalue weighted by Gasteiger charge is -2.09. The molecule has 14 heavy (non-hydrogen) atoms. The Morgan fingerprint density at radius 1 is 1.29 bits per heavy atom. The summed E-state index contributed by atoms with van der Waals surface area (Å²) in [5.74, 6) is -1.47. The van der Waals surface area contributed by atoms with Gasteiger partial charge in [0.2, 0.25) is 10.0 Å². The fraction of sp³-hybridized carbons (Fsp3) is 0.125. The monoisotopic (exact) mass is 215 g/mol. The number of carboxylic acids is 1. The number of carboxylic acid groups (broad SMARTS) is 1. The van der Waals surface area contributed by atoms with Gasteiger partial charge in [-0.05, 0) is 5.56 Å². The Bertz CT molecular complexity index is 426. The van der Waals surface area contributed by atoms with Gasteiger partial charge in [-0.2, -0.15) is 0 Å². The molecule has 1 atom stereocenters. The summed E-state index contributed by atoms with van der Waals surface area (Å²) in [7, 11) is -4.12. The van der Waals surface area contributed by atoms with E-state index in [1.165, 1.54) is 12.1 Å². The smallest absolute Gasteiger partial charge is 0.327 e. The maximum atomic E-state index is 11.0. The van der Waals surface area contributed by atoms with Gasteiger partial charge >= 0.3 is 5.97 Å². The number of primary sulfonamides is 1. The third kappa shape index (κ3) is 2.30. The molecule has 0 radical (unpaired) electrons. The van der Waals surface area contributed by atoms with Gasteiger partial charge < -0.3 is 5.11 Å². The highest BCUT2D eigenvalue weighted by molar-refractivity contribution is 7.90. The second kappa shape index (κ2) is 3.77. The molecule has 0 heterocycles. The van der Waals surface area contributed by atoms with Crippen molar-refractivity contribution in [2.24, 2.45) is 5.14 Å². The molecule has 1 rings (SSSR count). The Balaban J connectivity index is 3.22. The maximum Gasteiger partial charge on any atom is 0.327 e. The van der Waals surface area contributed by atoms with E-state index in [1.54, 1.807) is 18.2 Å². The summed E-state index contributed by atoms with van der Waals surface area (Å²) in [5.41, 5.74) is 0.155. The van der Waals surface area contributed by atoms with Crippen molar-refractivity contribution in [1.82, 2.24) is 0 Å². The summed E-state index contributed by atoms with van der Waals surface area (Å²) >= 11 is 0. The predicted octanol–water partition coefficient (Wildman–Crippen LogP) is 0.101. The molecule has 0 aliphatic heterocycles. The lowest BCUT2D eigenvalue weighted by Crippen LogP contribution is -2.27. The molecule has 0 aliphatic rings. The SMILES string of the molecule is NS(=O)(=O)[C@@H](C(=O)O)c1ccccc1. The third-order valence-corrected chi connectivity index (χ3v) is 2.79. The van der Waals surface area contributed by atoms with Gasteiger partial charge in [0, 0.05) is 0 Å². The number of sulfonamides is 1. The van der Waals surface area contributed by atoms with E-state index in [0.717, 1.165) is 0 Å². The standard InChI is InChI=1S/C8H9NO4S/c9-14(12,13)7(8(10)11)6-4-2-1-3-5-6/h1-5,7H,(H,10,11)(H2,9,12,13)/t7-/m1/s1. The van der Waals surface area contributed by atoms with Crippen molar-refractivity contribution < 1.29 is 18.3 Å². The molecule has 6 heteroatoms. The van der Waals surface area contributed by atoms with Crippen molar-refractivity contribution in [2.45, 2.75) is 5.25 Å². The zero-order valence-corrected chi connectivity index (χ0v) is 7.94.